The summed E-state index contributed by atoms with van der Waals surface area (Å²) in [6.07, 6.45) is 6.53. The van der Waals surface area contributed by atoms with Gasteiger partial charge < -0.3 is 11.1 Å². The van der Waals surface area contributed by atoms with Crippen LogP contribution in [-0.2, 0) is 0 Å². The third-order valence-electron chi connectivity index (χ3n) is 2.97. The Morgan fingerprint density at radius 3 is 3.13 bits per heavy atom. The van der Waals surface area contributed by atoms with E-state index in [0.717, 1.165) is 18.8 Å². The number of aromatic nitrogens is 2. The molecular weight excluding hydrogens is 188 g/mol. The fourth-order valence-corrected chi connectivity index (χ4v) is 2.16. The molecule has 0 aromatic carbocycles. The Hall–Kier alpha value is -1.16. The molecule has 1 aromatic rings. The zero-order valence-corrected chi connectivity index (χ0v) is 8.89. The van der Waals surface area contributed by atoms with E-state index in [-0.39, 0.29) is 0 Å². The first-order chi connectivity index (χ1) is 7.34. The zero-order chi connectivity index (χ0) is 10.5. The minimum atomic E-state index is 0.396. The highest BCUT2D eigenvalue weighted by molar-refractivity contribution is 5.31. The van der Waals surface area contributed by atoms with E-state index in [4.69, 9.17) is 5.73 Å². The van der Waals surface area contributed by atoms with Crippen LogP contribution in [-0.4, -0.2) is 22.8 Å². The fraction of sp³-hybridized carbons (Fsp3) is 0.636. The highest BCUT2D eigenvalue weighted by Crippen LogP contribution is 2.23. The number of nitrogens with two attached hydrogens (primary N) is 1. The molecule has 0 amide bonds. The molecule has 0 aliphatic heterocycles. The van der Waals surface area contributed by atoms with Gasteiger partial charge in [-0.1, -0.05) is 6.42 Å². The van der Waals surface area contributed by atoms with Gasteiger partial charge in [0, 0.05) is 18.8 Å². The Balaban J connectivity index is 1.78. The molecule has 3 N–H and O–H groups in total. The quantitative estimate of drug-likeness (QED) is 0.784. The summed E-state index contributed by atoms with van der Waals surface area (Å²) in [5.41, 5.74) is 5.94. The molecule has 0 saturated heterocycles. The minimum Gasteiger partial charge on any atom is -0.368 e. The Morgan fingerprint density at radius 1 is 1.47 bits per heavy atom. The summed E-state index contributed by atoms with van der Waals surface area (Å²) in [4.78, 5) is 0. The normalized spacial score (nSPS) is 26.2. The Kier molecular flexibility index (Phi) is 3.50. The second kappa shape index (κ2) is 5.07. The maximum atomic E-state index is 5.94. The molecule has 1 aromatic heterocycles. The molecule has 2 atom stereocenters. The van der Waals surface area contributed by atoms with Gasteiger partial charge in [-0.25, -0.2) is 0 Å². The van der Waals surface area contributed by atoms with Gasteiger partial charge in [0.05, 0.1) is 0 Å². The van der Waals surface area contributed by atoms with Crippen molar-refractivity contribution >= 4 is 5.82 Å². The van der Waals surface area contributed by atoms with Crippen molar-refractivity contribution in [2.24, 2.45) is 11.7 Å². The summed E-state index contributed by atoms with van der Waals surface area (Å²) in [6, 6.07) is 4.23. The van der Waals surface area contributed by atoms with Crippen molar-refractivity contribution in [2.75, 3.05) is 11.9 Å². The average Bonchev–Trinajstić information content (AvgIpc) is 2.28. The van der Waals surface area contributed by atoms with Gasteiger partial charge in [-0.3, -0.25) is 0 Å². The maximum absolute atomic E-state index is 5.94. The molecule has 1 saturated carbocycles. The van der Waals surface area contributed by atoms with Crippen molar-refractivity contribution in [3.63, 3.8) is 0 Å². The predicted molar refractivity (Wildman–Crippen MR) is 60.5 cm³/mol. The first-order valence-corrected chi connectivity index (χ1v) is 5.62. The molecule has 4 nitrogen and oxygen atoms in total. The lowest BCUT2D eigenvalue weighted by molar-refractivity contribution is 0.334. The highest BCUT2D eigenvalue weighted by atomic mass is 15.2. The van der Waals surface area contributed by atoms with Gasteiger partial charge in [0.1, 0.15) is 5.82 Å². The molecule has 82 valence electrons. The second-order valence-corrected chi connectivity index (χ2v) is 4.28. The van der Waals surface area contributed by atoms with E-state index >= 15 is 0 Å². The second-order valence-electron chi connectivity index (χ2n) is 4.28. The van der Waals surface area contributed by atoms with E-state index in [1.54, 1.807) is 6.20 Å². The van der Waals surface area contributed by atoms with Crippen molar-refractivity contribution in [1.82, 2.24) is 10.2 Å². The summed E-state index contributed by atoms with van der Waals surface area (Å²) in [7, 11) is 0. The molecule has 4 heteroatoms. The van der Waals surface area contributed by atoms with Crippen molar-refractivity contribution in [1.29, 1.82) is 0 Å². The van der Waals surface area contributed by atoms with Crippen molar-refractivity contribution in [3.05, 3.63) is 18.3 Å². The Labute approximate surface area is 90.3 Å². The van der Waals surface area contributed by atoms with Gasteiger partial charge in [0.25, 0.3) is 0 Å². The summed E-state index contributed by atoms with van der Waals surface area (Å²) < 4.78 is 0. The van der Waals surface area contributed by atoms with Crippen LogP contribution in [0.15, 0.2) is 18.3 Å². The highest BCUT2D eigenvalue weighted by Gasteiger charge is 2.18. The summed E-state index contributed by atoms with van der Waals surface area (Å²) in [5, 5.41) is 11.1. The largest absolute Gasteiger partial charge is 0.368 e. The average molecular weight is 206 g/mol. The van der Waals surface area contributed by atoms with E-state index in [0.29, 0.717) is 12.0 Å². The van der Waals surface area contributed by atoms with Crippen LogP contribution in [0.4, 0.5) is 5.82 Å². The number of nitrogens with one attached hydrogen (secondary N) is 1. The number of hydrogen-bond acceptors (Lipinski definition) is 4. The van der Waals surface area contributed by atoms with Crippen molar-refractivity contribution in [3.8, 4) is 0 Å². The van der Waals surface area contributed by atoms with Crippen molar-refractivity contribution in [2.45, 2.75) is 31.7 Å². The molecule has 1 heterocycles. The van der Waals surface area contributed by atoms with Crippen LogP contribution >= 0.6 is 0 Å². The summed E-state index contributed by atoms with van der Waals surface area (Å²) >= 11 is 0. The van der Waals surface area contributed by atoms with E-state index in [1.165, 1.54) is 19.3 Å². The molecule has 1 fully saturated rings. The van der Waals surface area contributed by atoms with Gasteiger partial charge in [0.2, 0.25) is 0 Å². The molecule has 0 radical (unpaired) electrons. The summed E-state index contributed by atoms with van der Waals surface area (Å²) in [6.45, 7) is 0.965. The molecule has 2 unspecified atom stereocenters. The van der Waals surface area contributed by atoms with E-state index < -0.39 is 0 Å². The maximum Gasteiger partial charge on any atom is 0.148 e. The molecule has 0 bridgehead atoms. The monoisotopic (exact) mass is 206 g/mol. The lowest BCUT2D eigenvalue weighted by Crippen LogP contribution is -2.31. The van der Waals surface area contributed by atoms with E-state index in [1.807, 2.05) is 12.1 Å². The van der Waals surface area contributed by atoms with Crippen LogP contribution in [0, 0.1) is 5.92 Å². The molecular formula is C11H18N4. The van der Waals surface area contributed by atoms with Crippen molar-refractivity contribution < 1.29 is 0 Å². The molecule has 0 spiro atoms. The van der Waals surface area contributed by atoms with Gasteiger partial charge in [-0.15, -0.1) is 5.10 Å². The molecule has 2 rings (SSSR count). The topological polar surface area (TPSA) is 63.8 Å². The first-order valence-electron chi connectivity index (χ1n) is 5.62. The smallest absolute Gasteiger partial charge is 0.148 e. The number of anilines is 1. The predicted octanol–water partition coefficient (Wildman–Crippen LogP) is 1.41. The number of hydrogen-bond donors (Lipinski definition) is 2. The van der Waals surface area contributed by atoms with Gasteiger partial charge in [0.15, 0.2) is 0 Å². The van der Waals surface area contributed by atoms with Crippen LogP contribution in [0.25, 0.3) is 0 Å². The molecule has 1 aliphatic rings. The summed E-state index contributed by atoms with van der Waals surface area (Å²) in [5.74, 6) is 1.55. The minimum absolute atomic E-state index is 0.396. The lowest BCUT2D eigenvalue weighted by Gasteiger charge is -2.26. The SMILES string of the molecule is NC1CCCC(CNc2cccnn2)C1. The first kappa shape index (κ1) is 10.4. The van der Waals surface area contributed by atoms with Gasteiger partial charge in [-0.2, -0.15) is 5.10 Å². The molecule has 15 heavy (non-hydrogen) atoms. The Bertz CT molecular complexity index is 288. The molecule has 1 aliphatic carbocycles. The third kappa shape index (κ3) is 3.16. The van der Waals surface area contributed by atoms with E-state index in [9.17, 15) is 0 Å². The van der Waals surface area contributed by atoms with Crippen LogP contribution in [0.5, 0.6) is 0 Å². The lowest BCUT2D eigenvalue weighted by atomic mass is 9.86. The van der Waals surface area contributed by atoms with E-state index in [2.05, 4.69) is 15.5 Å². The third-order valence-corrected chi connectivity index (χ3v) is 2.97. The van der Waals surface area contributed by atoms with Crippen LogP contribution in [0.3, 0.4) is 0 Å². The van der Waals surface area contributed by atoms with Gasteiger partial charge >= 0.3 is 0 Å². The van der Waals surface area contributed by atoms with Crippen LogP contribution in [0.1, 0.15) is 25.7 Å². The number of rotatable bonds is 3. The standard InChI is InChI=1S/C11H18N4/c12-10-4-1-3-9(7-10)8-13-11-5-2-6-14-15-11/h2,5-6,9-10H,1,3-4,7-8,12H2,(H,13,15). The fourth-order valence-electron chi connectivity index (χ4n) is 2.16. The number of nitrogens with zero attached hydrogens (tertiary/aromatic N) is 2. The zero-order valence-electron chi connectivity index (χ0n) is 8.89. The van der Waals surface area contributed by atoms with Crippen LogP contribution in [0.2, 0.25) is 0 Å². The van der Waals surface area contributed by atoms with Gasteiger partial charge in [-0.05, 0) is 37.3 Å². The van der Waals surface area contributed by atoms with Crippen LogP contribution < -0.4 is 11.1 Å². The Morgan fingerprint density at radius 2 is 2.40 bits per heavy atom.